The summed E-state index contributed by atoms with van der Waals surface area (Å²) in [5, 5.41) is 0. The Morgan fingerprint density at radius 1 is 1.03 bits per heavy atom. The summed E-state index contributed by atoms with van der Waals surface area (Å²) in [5.74, 6) is 0.0776. The molecule has 2 aliphatic heterocycles. The minimum absolute atomic E-state index is 0.104. The lowest BCUT2D eigenvalue weighted by Gasteiger charge is -2.35. The highest BCUT2D eigenvalue weighted by molar-refractivity contribution is 6.11. The van der Waals surface area contributed by atoms with Crippen LogP contribution >= 0.6 is 0 Å². The van der Waals surface area contributed by atoms with Crippen molar-refractivity contribution in [2.45, 2.75) is 51.3 Å². The molecule has 1 aliphatic carbocycles. The molecule has 0 saturated heterocycles. The Kier molecular flexibility index (Phi) is 4.46. The first-order chi connectivity index (χ1) is 14.1. The van der Waals surface area contributed by atoms with E-state index in [0.29, 0.717) is 12.1 Å². The van der Waals surface area contributed by atoms with Crippen molar-refractivity contribution in [1.82, 2.24) is 9.88 Å². The number of rotatable bonds is 3. The number of ether oxygens (including phenoxy) is 1. The summed E-state index contributed by atoms with van der Waals surface area (Å²) in [6.45, 7) is 2.45. The molecule has 5 nitrogen and oxygen atoms in total. The first-order valence-electron chi connectivity index (χ1n) is 10.3. The third kappa shape index (κ3) is 3.05. The van der Waals surface area contributed by atoms with Crippen molar-refractivity contribution in [3.8, 4) is 0 Å². The Balaban J connectivity index is 1.58. The molecule has 1 fully saturated rings. The fourth-order valence-corrected chi connectivity index (χ4v) is 4.84. The van der Waals surface area contributed by atoms with Crippen molar-refractivity contribution in [1.29, 1.82) is 0 Å². The second kappa shape index (κ2) is 7.14. The van der Waals surface area contributed by atoms with Gasteiger partial charge in [-0.25, -0.2) is 0 Å². The number of nitrogens with zero attached hydrogens (tertiary/aromatic N) is 2. The van der Waals surface area contributed by atoms with Gasteiger partial charge in [-0.05, 0) is 49.4 Å². The van der Waals surface area contributed by atoms with Gasteiger partial charge in [-0.2, -0.15) is 0 Å². The van der Waals surface area contributed by atoms with Gasteiger partial charge in [-0.15, -0.1) is 0 Å². The van der Waals surface area contributed by atoms with Crippen LogP contribution in [0.2, 0.25) is 0 Å². The van der Waals surface area contributed by atoms with Gasteiger partial charge in [-0.1, -0.05) is 36.2 Å². The number of hydrogen-bond acceptors (Lipinski definition) is 4. The second-order valence-corrected chi connectivity index (χ2v) is 8.26. The van der Waals surface area contributed by atoms with Crippen LogP contribution in [0.25, 0.3) is 0 Å². The zero-order chi connectivity index (χ0) is 20.0. The summed E-state index contributed by atoms with van der Waals surface area (Å²) in [6, 6.07) is 11.5. The van der Waals surface area contributed by atoms with Crippen LogP contribution in [0, 0.1) is 12.8 Å². The van der Waals surface area contributed by atoms with E-state index in [4.69, 9.17) is 4.74 Å². The van der Waals surface area contributed by atoms with Gasteiger partial charge >= 0.3 is 0 Å². The Hall–Kier alpha value is -2.95. The number of aromatic nitrogens is 1. The number of pyridine rings is 1. The maximum Gasteiger partial charge on any atom is 0.290 e. The third-order valence-electron chi connectivity index (χ3n) is 6.35. The van der Waals surface area contributed by atoms with Crippen molar-refractivity contribution >= 4 is 11.7 Å². The van der Waals surface area contributed by atoms with E-state index in [9.17, 15) is 9.59 Å². The number of fused-ring (bicyclic) bond motifs is 1. The van der Waals surface area contributed by atoms with E-state index in [2.05, 4.69) is 4.98 Å². The minimum atomic E-state index is -0.401. The minimum Gasteiger partial charge on any atom is -0.483 e. The van der Waals surface area contributed by atoms with Gasteiger partial charge < -0.3 is 9.64 Å². The number of ketones is 1. The van der Waals surface area contributed by atoms with Crippen LogP contribution < -0.4 is 0 Å². The van der Waals surface area contributed by atoms with Gasteiger partial charge in [-0.3, -0.25) is 14.6 Å². The lowest BCUT2D eigenvalue weighted by Crippen LogP contribution is -2.39. The topological polar surface area (TPSA) is 59.5 Å². The average Bonchev–Trinajstić information content (AvgIpc) is 3.02. The molecule has 1 aromatic heterocycles. The summed E-state index contributed by atoms with van der Waals surface area (Å²) in [7, 11) is 0. The molecule has 0 bridgehead atoms. The van der Waals surface area contributed by atoms with Gasteiger partial charge in [0, 0.05) is 18.9 Å². The summed E-state index contributed by atoms with van der Waals surface area (Å²) < 4.78 is 6.20. The molecule has 29 heavy (non-hydrogen) atoms. The van der Waals surface area contributed by atoms with Gasteiger partial charge in [0.2, 0.25) is 0 Å². The van der Waals surface area contributed by atoms with Gasteiger partial charge in [0.05, 0.1) is 17.5 Å². The van der Waals surface area contributed by atoms with Crippen molar-refractivity contribution < 1.29 is 14.3 Å². The maximum absolute atomic E-state index is 13.5. The van der Waals surface area contributed by atoms with Crippen molar-refractivity contribution in [3.05, 3.63) is 76.8 Å². The van der Waals surface area contributed by atoms with E-state index in [1.807, 2.05) is 43.3 Å². The molecule has 2 aromatic rings. The summed E-state index contributed by atoms with van der Waals surface area (Å²) >= 11 is 0. The predicted octanol–water partition coefficient (Wildman–Crippen LogP) is 3.89. The molecule has 0 radical (unpaired) electrons. The lowest BCUT2D eigenvalue weighted by atomic mass is 9.77. The number of hydrogen-bond donors (Lipinski definition) is 0. The van der Waals surface area contributed by atoms with E-state index in [-0.39, 0.29) is 29.5 Å². The summed E-state index contributed by atoms with van der Waals surface area (Å²) in [6.07, 6.45) is 7.08. The van der Waals surface area contributed by atoms with Crippen LogP contribution in [0.4, 0.5) is 0 Å². The molecule has 1 amide bonds. The van der Waals surface area contributed by atoms with Crippen LogP contribution in [-0.2, 0) is 20.9 Å². The number of aryl methyl sites for hydroxylation is 1. The van der Waals surface area contributed by atoms with E-state index >= 15 is 0 Å². The van der Waals surface area contributed by atoms with Crippen molar-refractivity contribution in [2.24, 2.45) is 5.92 Å². The monoisotopic (exact) mass is 388 g/mol. The fourth-order valence-electron chi connectivity index (χ4n) is 4.84. The highest BCUT2D eigenvalue weighted by Gasteiger charge is 2.51. The number of amides is 1. The van der Waals surface area contributed by atoms with Gasteiger partial charge in [0.25, 0.3) is 5.91 Å². The number of benzene rings is 1. The van der Waals surface area contributed by atoms with E-state index in [1.54, 1.807) is 17.3 Å². The molecular formula is C24H24N2O3. The standard InChI is InChI=1S/C24H24N2O3/c1-15-6-8-17(9-7-15)21-20-22(27)18-4-2-3-5-19(18)29-23(20)24(28)26(21)14-16-10-12-25-13-11-16/h6-13,18-19,21H,2-5,14H2,1H3. The molecule has 5 rings (SSSR count). The number of carbonyl (C=O) groups excluding carboxylic acids is 2. The van der Waals surface area contributed by atoms with Crippen molar-refractivity contribution in [2.75, 3.05) is 0 Å². The van der Waals surface area contributed by atoms with E-state index in [1.165, 1.54) is 0 Å². The number of Topliss-reactive ketones (excluding diaryl/α,β-unsaturated/α-hetero) is 1. The van der Waals surface area contributed by atoms with E-state index < -0.39 is 6.04 Å². The number of carbonyl (C=O) groups is 2. The summed E-state index contributed by atoms with van der Waals surface area (Å²) in [5.41, 5.74) is 3.63. The predicted molar refractivity (Wildman–Crippen MR) is 108 cm³/mol. The maximum atomic E-state index is 13.5. The largest absolute Gasteiger partial charge is 0.483 e. The fraction of sp³-hybridized carbons (Fsp3) is 0.375. The van der Waals surface area contributed by atoms with E-state index in [0.717, 1.165) is 42.4 Å². The Bertz CT molecular complexity index is 981. The van der Waals surface area contributed by atoms with Crippen LogP contribution in [0.15, 0.2) is 60.1 Å². The highest BCUT2D eigenvalue weighted by Crippen LogP contribution is 2.47. The van der Waals surface area contributed by atoms with Crippen molar-refractivity contribution in [3.63, 3.8) is 0 Å². The van der Waals surface area contributed by atoms with Gasteiger partial charge in [0.15, 0.2) is 11.5 Å². The molecule has 3 atom stereocenters. The second-order valence-electron chi connectivity index (χ2n) is 8.26. The highest BCUT2D eigenvalue weighted by atomic mass is 16.5. The smallest absolute Gasteiger partial charge is 0.290 e. The Labute approximate surface area is 170 Å². The molecule has 148 valence electrons. The Morgan fingerprint density at radius 3 is 2.52 bits per heavy atom. The first kappa shape index (κ1) is 18.1. The van der Waals surface area contributed by atoms with Crippen LogP contribution in [0.3, 0.4) is 0 Å². The SMILES string of the molecule is Cc1ccc(C2C3=C(OC4CCCCC4C3=O)C(=O)N2Cc2ccncc2)cc1. The molecule has 3 aliphatic rings. The molecule has 5 heteroatoms. The normalized spacial score (nSPS) is 26.2. The van der Waals surface area contributed by atoms with Crippen LogP contribution in [-0.4, -0.2) is 27.7 Å². The zero-order valence-corrected chi connectivity index (χ0v) is 16.5. The molecule has 1 saturated carbocycles. The average molecular weight is 388 g/mol. The molecular weight excluding hydrogens is 364 g/mol. The molecule has 1 aromatic carbocycles. The lowest BCUT2D eigenvalue weighted by molar-refractivity contribution is -0.135. The zero-order valence-electron chi connectivity index (χ0n) is 16.5. The quantitative estimate of drug-likeness (QED) is 0.801. The molecule has 0 spiro atoms. The molecule has 3 heterocycles. The third-order valence-corrected chi connectivity index (χ3v) is 6.35. The summed E-state index contributed by atoms with van der Waals surface area (Å²) in [4.78, 5) is 32.7. The molecule has 3 unspecified atom stereocenters. The van der Waals surface area contributed by atoms with Crippen LogP contribution in [0.5, 0.6) is 0 Å². The molecule has 0 N–H and O–H groups in total. The van der Waals surface area contributed by atoms with Gasteiger partial charge in [0.1, 0.15) is 6.10 Å². The first-order valence-corrected chi connectivity index (χ1v) is 10.3. The van der Waals surface area contributed by atoms with Crippen LogP contribution in [0.1, 0.15) is 48.4 Å². The Morgan fingerprint density at radius 2 is 1.76 bits per heavy atom.